The van der Waals surface area contributed by atoms with Gasteiger partial charge < -0.3 is 4.57 Å². The summed E-state index contributed by atoms with van der Waals surface area (Å²) in [6.07, 6.45) is 5.59. The quantitative estimate of drug-likeness (QED) is 0.733. The second-order valence-corrected chi connectivity index (χ2v) is 6.31. The van der Waals surface area contributed by atoms with Gasteiger partial charge in [0.05, 0.1) is 13.1 Å². The van der Waals surface area contributed by atoms with Gasteiger partial charge in [-0.3, -0.25) is 4.90 Å². The van der Waals surface area contributed by atoms with Gasteiger partial charge in [-0.15, -0.1) is 0 Å². The highest BCUT2D eigenvalue weighted by Crippen LogP contribution is 2.12. The molecule has 0 aliphatic carbocycles. The molecule has 1 aliphatic rings. The van der Waals surface area contributed by atoms with Crippen molar-refractivity contribution in [3.63, 3.8) is 0 Å². The van der Waals surface area contributed by atoms with E-state index in [1.54, 1.807) is 0 Å². The summed E-state index contributed by atoms with van der Waals surface area (Å²) in [6.45, 7) is 3.75. The maximum atomic E-state index is 4.76. The largest absolute Gasteiger partial charge is 0.337 e. The molecule has 2 aromatic heterocycles. The Bertz CT molecular complexity index is 779. The molecule has 6 heteroatoms. The molecule has 1 aliphatic heterocycles. The Labute approximate surface area is 141 Å². The number of benzene rings is 1. The van der Waals surface area contributed by atoms with Crippen molar-refractivity contribution in [2.45, 2.75) is 25.9 Å². The van der Waals surface area contributed by atoms with E-state index in [0.717, 1.165) is 56.5 Å². The van der Waals surface area contributed by atoms with E-state index in [0.29, 0.717) is 0 Å². The highest BCUT2D eigenvalue weighted by atomic mass is 15.4. The number of fused-ring (bicyclic) bond motifs is 1. The van der Waals surface area contributed by atoms with Crippen LogP contribution in [0.2, 0.25) is 0 Å². The van der Waals surface area contributed by atoms with Gasteiger partial charge in [-0.1, -0.05) is 30.3 Å². The lowest BCUT2D eigenvalue weighted by molar-refractivity contribution is 0.259. The molecule has 0 N–H and O–H groups in total. The fraction of sp³-hybridized carbons (Fsp3) is 0.389. The maximum absolute atomic E-state index is 4.76. The lowest BCUT2D eigenvalue weighted by Gasteiger charge is -2.18. The molecule has 4 rings (SSSR count). The van der Waals surface area contributed by atoms with E-state index in [4.69, 9.17) is 10.1 Å². The first kappa shape index (κ1) is 15.1. The minimum atomic E-state index is 0.803. The zero-order valence-electron chi connectivity index (χ0n) is 14.0. The topological polar surface area (TPSA) is 51.8 Å². The molecule has 0 unspecified atom stereocenters. The Morgan fingerprint density at radius 1 is 1.08 bits per heavy atom. The first-order chi connectivity index (χ1) is 11.8. The normalized spacial score (nSPS) is 15.2. The van der Waals surface area contributed by atoms with Crippen LogP contribution in [0.25, 0.3) is 0 Å². The predicted molar refractivity (Wildman–Crippen MR) is 91.5 cm³/mol. The minimum Gasteiger partial charge on any atom is -0.337 e. The zero-order valence-corrected chi connectivity index (χ0v) is 14.0. The highest BCUT2D eigenvalue weighted by molar-refractivity contribution is 5.18. The van der Waals surface area contributed by atoms with Crippen molar-refractivity contribution >= 4 is 0 Å². The van der Waals surface area contributed by atoms with E-state index in [9.17, 15) is 0 Å². The second kappa shape index (κ2) is 6.57. The van der Waals surface area contributed by atoms with Gasteiger partial charge >= 0.3 is 0 Å². The summed E-state index contributed by atoms with van der Waals surface area (Å²) in [5.41, 5.74) is 1.26. The van der Waals surface area contributed by atoms with E-state index in [-0.39, 0.29) is 0 Å². The van der Waals surface area contributed by atoms with Gasteiger partial charge in [-0.25, -0.2) is 14.6 Å². The Kier molecular flexibility index (Phi) is 4.13. The van der Waals surface area contributed by atoms with E-state index in [1.165, 1.54) is 5.56 Å². The molecule has 6 nitrogen and oxygen atoms in total. The molecule has 0 radical (unpaired) electrons. The average Bonchev–Trinajstić information content (AvgIpc) is 3.12. The van der Waals surface area contributed by atoms with Crippen LogP contribution in [0, 0.1) is 0 Å². The van der Waals surface area contributed by atoms with E-state index in [1.807, 2.05) is 25.5 Å². The van der Waals surface area contributed by atoms with Crippen molar-refractivity contribution in [2.24, 2.45) is 7.05 Å². The molecule has 0 saturated carbocycles. The van der Waals surface area contributed by atoms with E-state index >= 15 is 0 Å². The lowest BCUT2D eigenvalue weighted by Crippen LogP contribution is -2.28. The summed E-state index contributed by atoms with van der Waals surface area (Å²) in [4.78, 5) is 11.6. The van der Waals surface area contributed by atoms with Crippen LogP contribution in [0.1, 0.15) is 23.0 Å². The van der Waals surface area contributed by atoms with Gasteiger partial charge in [-0.2, -0.15) is 5.10 Å². The van der Waals surface area contributed by atoms with Crippen molar-refractivity contribution in [2.75, 3.05) is 13.1 Å². The molecule has 0 amide bonds. The van der Waals surface area contributed by atoms with Crippen molar-refractivity contribution in [1.82, 2.24) is 29.2 Å². The highest BCUT2D eigenvalue weighted by Gasteiger charge is 2.18. The van der Waals surface area contributed by atoms with Gasteiger partial charge in [0.2, 0.25) is 0 Å². The van der Waals surface area contributed by atoms with Crippen LogP contribution in [0.4, 0.5) is 0 Å². The summed E-state index contributed by atoms with van der Waals surface area (Å²) in [7, 11) is 2.04. The molecule has 3 aromatic rings. The number of rotatable bonds is 4. The van der Waals surface area contributed by atoms with Crippen molar-refractivity contribution in [3.05, 3.63) is 65.8 Å². The van der Waals surface area contributed by atoms with Gasteiger partial charge in [-0.05, 0) is 5.56 Å². The summed E-state index contributed by atoms with van der Waals surface area (Å²) in [6, 6.07) is 10.4. The standard InChI is InChI=1S/C18H22N6/c1-22-10-8-19-18(22)14-23-9-7-17-20-16(21-24(17)12-11-23)13-15-5-3-2-4-6-15/h2-6,8,10H,7,9,11-14H2,1H3. The Morgan fingerprint density at radius 3 is 2.75 bits per heavy atom. The third kappa shape index (κ3) is 3.23. The number of aryl methyl sites for hydroxylation is 1. The molecule has 0 saturated heterocycles. The van der Waals surface area contributed by atoms with E-state index < -0.39 is 0 Å². The molecule has 124 valence electrons. The molecule has 3 heterocycles. The summed E-state index contributed by atoms with van der Waals surface area (Å²) in [5, 5.41) is 4.71. The first-order valence-electron chi connectivity index (χ1n) is 8.43. The van der Waals surface area contributed by atoms with Gasteiger partial charge in [0.15, 0.2) is 5.82 Å². The number of imidazole rings is 1. The third-order valence-electron chi connectivity index (χ3n) is 4.56. The molecule has 0 atom stereocenters. The van der Waals surface area contributed by atoms with Crippen LogP contribution in [0.15, 0.2) is 42.7 Å². The van der Waals surface area contributed by atoms with Crippen LogP contribution in [0.3, 0.4) is 0 Å². The lowest BCUT2D eigenvalue weighted by atomic mass is 10.1. The zero-order chi connectivity index (χ0) is 16.4. The Balaban J connectivity index is 1.41. The monoisotopic (exact) mass is 322 g/mol. The van der Waals surface area contributed by atoms with Crippen LogP contribution in [-0.2, 0) is 33.0 Å². The van der Waals surface area contributed by atoms with Gasteiger partial charge in [0.25, 0.3) is 0 Å². The minimum absolute atomic E-state index is 0.803. The van der Waals surface area contributed by atoms with Crippen molar-refractivity contribution in [1.29, 1.82) is 0 Å². The average molecular weight is 322 g/mol. The van der Waals surface area contributed by atoms with Crippen LogP contribution < -0.4 is 0 Å². The van der Waals surface area contributed by atoms with Crippen molar-refractivity contribution < 1.29 is 0 Å². The van der Waals surface area contributed by atoms with E-state index in [2.05, 4.69) is 43.4 Å². The number of hydrogen-bond donors (Lipinski definition) is 0. The SMILES string of the molecule is Cn1ccnc1CN1CCc2nc(Cc3ccccc3)nn2CC1. The predicted octanol–water partition coefficient (Wildman–Crippen LogP) is 1.66. The molecule has 0 spiro atoms. The Morgan fingerprint density at radius 2 is 1.96 bits per heavy atom. The van der Waals surface area contributed by atoms with Gasteiger partial charge in [0, 0.05) is 45.4 Å². The molecule has 24 heavy (non-hydrogen) atoms. The fourth-order valence-electron chi connectivity index (χ4n) is 3.16. The molecule has 0 bridgehead atoms. The Hall–Kier alpha value is -2.47. The molecular formula is C18H22N6. The smallest absolute Gasteiger partial charge is 0.155 e. The number of nitrogens with zero attached hydrogens (tertiary/aromatic N) is 6. The first-order valence-corrected chi connectivity index (χ1v) is 8.43. The van der Waals surface area contributed by atoms with Crippen LogP contribution >= 0.6 is 0 Å². The van der Waals surface area contributed by atoms with Crippen LogP contribution in [0.5, 0.6) is 0 Å². The maximum Gasteiger partial charge on any atom is 0.155 e. The number of aromatic nitrogens is 5. The molecule has 1 aromatic carbocycles. The third-order valence-corrected chi connectivity index (χ3v) is 4.56. The summed E-state index contributed by atoms with van der Waals surface area (Å²) in [5.74, 6) is 3.13. The molecule has 0 fully saturated rings. The molecular weight excluding hydrogens is 300 g/mol. The fourth-order valence-corrected chi connectivity index (χ4v) is 3.16. The number of hydrogen-bond acceptors (Lipinski definition) is 4. The second-order valence-electron chi connectivity index (χ2n) is 6.31. The summed E-state index contributed by atoms with van der Waals surface area (Å²) >= 11 is 0. The van der Waals surface area contributed by atoms with Crippen LogP contribution in [-0.4, -0.2) is 42.3 Å². The van der Waals surface area contributed by atoms with Crippen molar-refractivity contribution in [3.8, 4) is 0 Å². The summed E-state index contributed by atoms with van der Waals surface area (Å²) < 4.78 is 4.16. The van der Waals surface area contributed by atoms with Gasteiger partial charge in [0.1, 0.15) is 11.6 Å².